The number of azo groups is 1. The Hall–Kier alpha value is -3.06. The fourth-order valence-electron chi connectivity index (χ4n) is 3.06. The summed E-state index contributed by atoms with van der Waals surface area (Å²) in [6.07, 6.45) is 1.68. The van der Waals surface area contributed by atoms with E-state index in [9.17, 15) is 9.59 Å². The number of hydrogen-bond acceptors (Lipinski definition) is 5. The SMILES string of the molecule is NC(=O)[C@@H]1CCCN(CC(=O)Nc2ccc(N=Nc3ccccc3)cc2)C1. The number of nitrogens with zero attached hydrogens (tertiary/aromatic N) is 3. The van der Waals surface area contributed by atoms with Crippen LogP contribution in [0.5, 0.6) is 0 Å². The highest BCUT2D eigenvalue weighted by Crippen LogP contribution is 2.20. The highest BCUT2D eigenvalue weighted by atomic mass is 16.2. The van der Waals surface area contributed by atoms with Crippen molar-refractivity contribution in [3.8, 4) is 0 Å². The Kier molecular flexibility index (Phi) is 6.27. The molecule has 1 saturated heterocycles. The van der Waals surface area contributed by atoms with Gasteiger partial charge in [-0.1, -0.05) is 18.2 Å². The van der Waals surface area contributed by atoms with Gasteiger partial charge in [0.1, 0.15) is 0 Å². The lowest BCUT2D eigenvalue weighted by Gasteiger charge is -2.30. The molecular weight excluding hydrogens is 342 g/mol. The summed E-state index contributed by atoms with van der Waals surface area (Å²) in [5.41, 5.74) is 7.56. The van der Waals surface area contributed by atoms with Gasteiger partial charge in [0, 0.05) is 12.2 Å². The quantitative estimate of drug-likeness (QED) is 0.769. The van der Waals surface area contributed by atoms with Gasteiger partial charge < -0.3 is 11.1 Å². The Morgan fingerprint density at radius 1 is 1.04 bits per heavy atom. The van der Waals surface area contributed by atoms with E-state index < -0.39 is 0 Å². The lowest BCUT2D eigenvalue weighted by atomic mass is 9.97. The summed E-state index contributed by atoms with van der Waals surface area (Å²) in [5, 5.41) is 11.2. The van der Waals surface area contributed by atoms with Crippen molar-refractivity contribution in [3.63, 3.8) is 0 Å². The first-order valence-electron chi connectivity index (χ1n) is 8.98. The molecule has 1 aliphatic rings. The molecular formula is C20H23N5O2. The molecule has 2 aromatic rings. The number of nitrogens with two attached hydrogens (primary N) is 1. The molecule has 0 bridgehead atoms. The summed E-state index contributed by atoms with van der Waals surface area (Å²) in [6, 6.07) is 16.7. The van der Waals surface area contributed by atoms with Crippen LogP contribution in [0.2, 0.25) is 0 Å². The molecule has 27 heavy (non-hydrogen) atoms. The Morgan fingerprint density at radius 2 is 1.70 bits per heavy atom. The van der Waals surface area contributed by atoms with Gasteiger partial charge in [0.2, 0.25) is 11.8 Å². The number of anilines is 1. The van der Waals surface area contributed by atoms with Crippen LogP contribution in [0, 0.1) is 5.92 Å². The molecule has 3 N–H and O–H groups in total. The molecule has 0 spiro atoms. The maximum absolute atomic E-state index is 12.2. The molecule has 1 fully saturated rings. The molecule has 1 atom stereocenters. The lowest BCUT2D eigenvalue weighted by Crippen LogP contribution is -2.44. The molecule has 7 nitrogen and oxygen atoms in total. The van der Waals surface area contributed by atoms with Crippen molar-refractivity contribution in [2.24, 2.45) is 21.9 Å². The fraction of sp³-hybridized carbons (Fsp3) is 0.300. The number of primary amides is 1. The van der Waals surface area contributed by atoms with Gasteiger partial charge in [0.25, 0.3) is 0 Å². The molecule has 1 heterocycles. The van der Waals surface area contributed by atoms with Gasteiger partial charge in [-0.15, -0.1) is 0 Å². The second kappa shape index (κ2) is 9.05. The van der Waals surface area contributed by atoms with Crippen molar-refractivity contribution >= 4 is 28.9 Å². The van der Waals surface area contributed by atoms with Crippen LogP contribution >= 0.6 is 0 Å². The van der Waals surface area contributed by atoms with Crippen LogP contribution in [0.1, 0.15) is 12.8 Å². The van der Waals surface area contributed by atoms with E-state index in [0.717, 1.165) is 25.1 Å². The third-order valence-corrected chi connectivity index (χ3v) is 4.46. The van der Waals surface area contributed by atoms with E-state index >= 15 is 0 Å². The van der Waals surface area contributed by atoms with Crippen LogP contribution in [-0.4, -0.2) is 36.3 Å². The van der Waals surface area contributed by atoms with Gasteiger partial charge in [0.15, 0.2) is 0 Å². The van der Waals surface area contributed by atoms with Crippen LogP contribution in [0.3, 0.4) is 0 Å². The van der Waals surface area contributed by atoms with Crippen molar-refractivity contribution in [2.75, 3.05) is 25.0 Å². The average Bonchev–Trinajstić information content (AvgIpc) is 2.68. The van der Waals surface area contributed by atoms with E-state index in [1.807, 2.05) is 35.2 Å². The number of carbonyl (C=O) groups is 2. The standard InChI is InChI=1S/C20H23N5O2/c21-20(27)15-5-4-12-25(13-15)14-19(26)22-16-8-10-18(11-9-16)24-23-17-6-2-1-3-7-17/h1-3,6-11,15H,4-5,12-14H2,(H2,21,27)(H,22,26)/t15-/m1/s1. The second-order valence-electron chi connectivity index (χ2n) is 6.61. The van der Waals surface area contributed by atoms with Crippen LogP contribution < -0.4 is 11.1 Å². The summed E-state index contributed by atoms with van der Waals surface area (Å²) >= 11 is 0. The van der Waals surface area contributed by atoms with Crippen molar-refractivity contribution < 1.29 is 9.59 Å². The monoisotopic (exact) mass is 365 g/mol. The van der Waals surface area contributed by atoms with Gasteiger partial charge in [-0.05, 0) is 55.8 Å². The zero-order valence-corrected chi connectivity index (χ0v) is 15.0. The Balaban J connectivity index is 1.51. The van der Waals surface area contributed by atoms with E-state index in [-0.39, 0.29) is 24.3 Å². The molecule has 0 saturated carbocycles. The molecule has 0 aliphatic carbocycles. The number of piperidine rings is 1. The van der Waals surface area contributed by atoms with Gasteiger partial charge in [0.05, 0.1) is 23.8 Å². The first-order valence-corrected chi connectivity index (χ1v) is 8.98. The summed E-state index contributed by atoms with van der Waals surface area (Å²) < 4.78 is 0. The number of likely N-dealkylation sites (tertiary alicyclic amines) is 1. The zero-order chi connectivity index (χ0) is 19.1. The molecule has 0 aromatic heterocycles. The Morgan fingerprint density at radius 3 is 2.37 bits per heavy atom. The van der Waals surface area contributed by atoms with Crippen molar-refractivity contribution in [1.29, 1.82) is 0 Å². The Labute approximate surface area is 158 Å². The first kappa shape index (κ1) is 18.7. The van der Waals surface area contributed by atoms with E-state index in [1.54, 1.807) is 24.3 Å². The third kappa shape index (κ3) is 5.72. The van der Waals surface area contributed by atoms with Crippen LogP contribution in [0.25, 0.3) is 0 Å². The number of amides is 2. The highest BCUT2D eigenvalue weighted by molar-refractivity contribution is 5.92. The minimum Gasteiger partial charge on any atom is -0.369 e. The van der Waals surface area contributed by atoms with Gasteiger partial charge >= 0.3 is 0 Å². The number of carbonyl (C=O) groups excluding carboxylic acids is 2. The number of rotatable bonds is 6. The summed E-state index contributed by atoms with van der Waals surface area (Å²) in [4.78, 5) is 25.5. The Bertz CT molecular complexity index is 805. The normalized spacial score (nSPS) is 17.7. The second-order valence-corrected chi connectivity index (χ2v) is 6.61. The molecule has 7 heteroatoms. The highest BCUT2D eigenvalue weighted by Gasteiger charge is 2.25. The zero-order valence-electron chi connectivity index (χ0n) is 15.0. The first-order chi connectivity index (χ1) is 13.1. The minimum absolute atomic E-state index is 0.112. The third-order valence-electron chi connectivity index (χ3n) is 4.46. The van der Waals surface area contributed by atoms with E-state index in [0.29, 0.717) is 17.9 Å². The van der Waals surface area contributed by atoms with Crippen molar-refractivity contribution in [2.45, 2.75) is 12.8 Å². The topological polar surface area (TPSA) is 100 Å². The lowest BCUT2D eigenvalue weighted by molar-refractivity contribution is -0.125. The minimum atomic E-state index is -0.291. The maximum Gasteiger partial charge on any atom is 0.238 e. The van der Waals surface area contributed by atoms with E-state index in [4.69, 9.17) is 5.73 Å². The number of nitrogens with one attached hydrogen (secondary N) is 1. The van der Waals surface area contributed by atoms with E-state index in [1.165, 1.54) is 0 Å². The molecule has 2 amide bonds. The predicted molar refractivity (Wildman–Crippen MR) is 104 cm³/mol. The summed E-state index contributed by atoms with van der Waals surface area (Å²) in [5.74, 6) is -0.569. The average molecular weight is 365 g/mol. The van der Waals surface area contributed by atoms with Gasteiger partial charge in [-0.2, -0.15) is 10.2 Å². The molecule has 3 rings (SSSR count). The fourth-order valence-corrected chi connectivity index (χ4v) is 3.06. The van der Waals surface area contributed by atoms with Crippen molar-refractivity contribution in [1.82, 2.24) is 4.90 Å². The molecule has 1 aliphatic heterocycles. The number of benzene rings is 2. The van der Waals surface area contributed by atoms with Crippen LogP contribution in [0.15, 0.2) is 64.8 Å². The van der Waals surface area contributed by atoms with Gasteiger partial charge in [-0.25, -0.2) is 0 Å². The predicted octanol–water partition coefficient (Wildman–Crippen LogP) is 3.24. The smallest absolute Gasteiger partial charge is 0.238 e. The van der Waals surface area contributed by atoms with Crippen LogP contribution in [0.4, 0.5) is 17.1 Å². The maximum atomic E-state index is 12.2. The molecule has 2 aromatic carbocycles. The van der Waals surface area contributed by atoms with Crippen molar-refractivity contribution in [3.05, 3.63) is 54.6 Å². The van der Waals surface area contributed by atoms with Crippen LogP contribution in [-0.2, 0) is 9.59 Å². The van der Waals surface area contributed by atoms with Gasteiger partial charge in [-0.3, -0.25) is 14.5 Å². The van der Waals surface area contributed by atoms with E-state index in [2.05, 4.69) is 15.5 Å². The summed E-state index contributed by atoms with van der Waals surface area (Å²) in [6.45, 7) is 1.59. The molecule has 0 radical (unpaired) electrons. The summed E-state index contributed by atoms with van der Waals surface area (Å²) in [7, 11) is 0. The molecule has 140 valence electrons. The largest absolute Gasteiger partial charge is 0.369 e. The molecule has 0 unspecified atom stereocenters. The number of hydrogen-bond donors (Lipinski definition) is 2.